The van der Waals surface area contributed by atoms with Gasteiger partial charge in [-0.05, 0) is 23.3 Å². The molecular weight excluding hydrogens is 332 g/mol. The number of aliphatic hydroxyl groups excluding tert-OH is 1. The molecule has 0 spiro atoms. The first-order chi connectivity index (χ1) is 12.6. The van der Waals surface area contributed by atoms with E-state index in [0.29, 0.717) is 13.2 Å². The van der Waals surface area contributed by atoms with Crippen molar-refractivity contribution in [3.63, 3.8) is 0 Å². The minimum atomic E-state index is -0.629. The molecule has 1 fully saturated rings. The molecule has 0 saturated carbocycles. The summed E-state index contributed by atoms with van der Waals surface area (Å²) >= 11 is 0. The van der Waals surface area contributed by atoms with Gasteiger partial charge in [-0.15, -0.1) is 0 Å². The Bertz CT molecular complexity index is 720. The molecule has 3 atom stereocenters. The predicted octanol–water partition coefficient (Wildman–Crippen LogP) is 1.31. The number of carbonyl (C=O) groups is 1. The maximum Gasteiger partial charge on any atom is 0.254 e. The average molecular weight is 356 g/mol. The number of nitrogens with two attached hydrogens (primary N) is 1. The molecule has 0 aliphatic carbocycles. The van der Waals surface area contributed by atoms with Gasteiger partial charge in [-0.2, -0.15) is 0 Å². The fraction of sp³-hybridized carbons (Fsp3) is 0.350. The molecule has 26 heavy (non-hydrogen) atoms. The summed E-state index contributed by atoms with van der Waals surface area (Å²) in [6.45, 7) is 0.552. The van der Waals surface area contributed by atoms with E-state index >= 15 is 0 Å². The number of amides is 1. The largest absolute Gasteiger partial charge is 0.497 e. The smallest absolute Gasteiger partial charge is 0.254 e. The lowest BCUT2D eigenvalue weighted by molar-refractivity contribution is -0.180. The number of hydrogen-bond donors (Lipinski definition) is 2. The molecule has 0 aromatic heterocycles. The summed E-state index contributed by atoms with van der Waals surface area (Å²) < 4.78 is 11.0. The van der Waals surface area contributed by atoms with Crippen molar-refractivity contribution in [3.8, 4) is 5.75 Å². The van der Waals surface area contributed by atoms with Gasteiger partial charge in [0.15, 0.2) is 6.10 Å². The third kappa shape index (κ3) is 3.88. The van der Waals surface area contributed by atoms with Gasteiger partial charge in [0.25, 0.3) is 5.91 Å². The van der Waals surface area contributed by atoms with Crippen LogP contribution in [0.5, 0.6) is 5.75 Å². The van der Waals surface area contributed by atoms with E-state index in [2.05, 4.69) is 0 Å². The molecule has 138 valence electrons. The summed E-state index contributed by atoms with van der Waals surface area (Å²) in [6.07, 6.45) is -0.629. The second-order valence-electron chi connectivity index (χ2n) is 6.37. The van der Waals surface area contributed by atoms with Gasteiger partial charge in [0.05, 0.1) is 32.4 Å². The summed E-state index contributed by atoms with van der Waals surface area (Å²) in [5.74, 6) is 0.655. The highest BCUT2D eigenvalue weighted by molar-refractivity contribution is 5.88. The molecular formula is C20H24N2O4. The Kier molecular flexibility index (Phi) is 5.88. The van der Waals surface area contributed by atoms with Crippen LogP contribution in [-0.2, 0) is 22.7 Å². The number of likely N-dealkylation sites (tertiary alicyclic amines) is 1. The number of hydrogen-bond acceptors (Lipinski definition) is 5. The van der Waals surface area contributed by atoms with Gasteiger partial charge >= 0.3 is 0 Å². The van der Waals surface area contributed by atoms with E-state index in [1.807, 2.05) is 54.6 Å². The molecule has 3 rings (SSSR count). The summed E-state index contributed by atoms with van der Waals surface area (Å²) in [5, 5.41) is 9.48. The first-order valence-corrected chi connectivity index (χ1v) is 8.59. The van der Waals surface area contributed by atoms with Crippen LogP contribution in [0, 0.1) is 0 Å². The van der Waals surface area contributed by atoms with Crippen LogP contribution in [0.2, 0.25) is 0 Å². The lowest BCUT2D eigenvalue weighted by Gasteiger charge is -2.49. The van der Waals surface area contributed by atoms with Crippen LogP contribution in [0.15, 0.2) is 54.6 Å². The van der Waals surface area contributed by atoms with Gasteiger partial charge in [-0.1, -0.05) is 42.5 Å². The van der Waals surface area contributed by atoms with Gasteiger partial charge in [0.2, 0.25) is 0 Å². The molecule has 6 heteroatoms. The van der Waals surface area contributed by atoms with Crippen LogP contribution in [0.3, 0.4) is 0 Å². The summed E-state index contributed by atoms with van der Waals surface area (Å²) in [4.78, 5) is 14.2. The summed E-state index contributed by atoms with van der Waals surface area (Å²) in [5.41, 5.74) is 8.00. The standard InChI is InChI=1S/C20H24N2O4/c1-25-16-9-7-14(8-10-16)11-22-18(17(21)12-23)19(20(22)24)26-13-15-5-3-2-4-6-15/h2-10,17-19,23H,11-13,21H2,1H3/t17-,18-,19+/m0/s1. The number of β-lactam (4-membered cyclic amide) rings is 1. The predicted molar refractivity (Wildman–Crippen MR) is 97.4 cm³/mol. The zero-order chi connectivity index (χ0) is 18.5. The lowest BCUT2D eigenvalue weighted by atomic mass is 9.90. The number of ether oxygens (including phenoxy) is 2. The normalized spacial score (nSPS) is 20.6. The van der Waals surface area contributed by atoms with E-state index in [4.69, 9.17) is 15.2 Å². The molecule has 0 unspecified atom stereocenters. The van der Waals surface area contributed by atoms with Crippen molar-refractivity contribution in [1.29, 1.82) is 0 Å². The van der Waals surface area contributed by atoms with E-state index < -0.39 is 12.1 Å². The maximum absolute atomic E-state index is 12.6. The quantitative estimate of drug-likeness (QED) is 0.697. The van der Waals surface area contributed by atoms with Crippen LogP contribution in [0.1, 0.15) is 11.1 Å². The highest BCUT2D eigenvalue weighted by Crippen LogP contribution is 2.28. The minimum Gasteiger partial charge on any atom is -0.497 e. The number of rotatable bonds is 8. The average Bonchev–Trinajstić information content (AvgIpc) is 2.70. The van der Waals surface area contributed by atoms with Crippen molar-refractivity contribution >= 4 is 5.91 Å². The van der Waals surface area contributed by atoms with Gasteiger partial charge in [0.1, 0.15) is 5.75 Å². The highest BCUT2D eigenvalue weighted by Gasteiger charge is 2.50. The first-order valence-electron chi connectivity index (χ1n) is 8.59. The van der Waals surface area contributed by atoms with Crippen LogP contribution in [-0.4, -0.2) is 47.8 Å². The summed E-state index contributed by atoms with van der Waals surface area (Å²) in [6, 6.07) is 16.3. The van der Waals surface area contributed by atoms with Crippen molar-refractivity contribution in [2.75, 3.05) is 13.7 Å². The van der Waals surface area contributed by atoms with Crippen LogP contribution in [0.25, 0.3) is 0 Å². The Hall–Kier alpha value is -2.41. The molecule has 1 amide bonds. The minimum absolute atomic E-state index is 0.106. The Labute approximate surface area is 153 Å². The van der Waals surface area contributed by atoms with E-state index in [1.165, 1.54) is 0 Å². The zero-order valence-corrected chi connectivity index (χ0v) is 14.7. The molecule has 3 N–H and O–H groups in total. The second kappa shape index (κ2) is 8.31. The van der Waals surface area contributed by atoms with Crippen molar-refractivity contribution in [2.45, 2.75) is 31.3 Å². The van der Waals surface area contributed by atoms with Crippen molar-refractivity contribution in [3.05, 3.63) is 65.7 Å². The second-order valence-corrected chi connectivity index (χ2v) is 6.37. The van der Waals surface area contributed by atoms with Gasteiger partial charge in [0, 0.05) is 6.54 Å². The van der Waals surface area contributed by atoms with Crippen LogP contribution in [0.4, 0.5) is 0 Å². The van der Waals surface area contributed by atoms with E-state index in [9.17, 15) is 9.90 Å². The molecule has 6 nitrogen and oxygen atoms in total. The Morgan fingerprint density at radius 1 is 1.12 bits per heavy atom. The van der Waals surface area contributed by atoms with Crippen molar-refractivity contribution in [1.82, 2.24) is 4.90 Å². The van der Waals surface area contributed by atoms with E-state index in [0.717, 1.165) is 16.9 Å². The van der Waals surface area contributed by atoms with Crippen molar-refractivity contribution < 1.29 is 19.4 Å². The van der Waals surface area contributed by atoms with Gasteiger partial charge < -0.3 is 25.2 Å². The number of methoxy groups -OCH3 is 1. The molecule has 0 bridgehead atoms. The number of carbonyl (C=O) groups excluding carboxylic acids is 1. The van der Waals surface area contributed by atoms with E-state index in [-0.39, 0.29) is 18.6 Å². The highest BCUT2D eigenvalue weighted by atomic mass is 16.5. The topological polar surface area (TPSA) is 85.0 Å². The molecule has 1 aliphatic rings. The Morgan fingerprint density at radius 3 is 2.42 bits per heavy atom. The third-order valence-corrected chi connectivity index (χ3v) is 4.63. The third-order valence-electron chi connectivity index (χ3n) is 4.63. The van der Waals surface area contributed by atoms with E-state index in [1.54, 1.807) is 12.0 Å². The molecule has 1 aliphatic heterocycles. The summed E-state index contributed by atoms with van der Waals surface area (Å²) in [7, 11) is 1.61. The van der Waals surface area contributed by atoms with Gasteiger partial charge in [-0.25, -0.2) is 0 Å². The Balaban J connectivity index is 1.66. The molecule has 1 heterocycles. The number of aliphatic hydroxyl groups is 1. The molecule has 2 aromatic rings. The molecule has 0 radical (unpaired) electrons. The molecule has 1 saturated heterocycles. The lowest BCUT2D eigenvalue weighted by Crippen LogP contribution is -2.71. The maximum atomic E-state index is 12.6. The SMILES string of the molecule is COc1ccc(CN2C(=O)[C@H](OCc3ccccc3)[C@@H]2[C@@H](N)CO)cc1. The zero-order valence-electron chi connectivity index (χ0n) is 14.7. The number of benzene rings is 2. The fourth-order valence-corrected chi connectivity index (χ4v) is 3.14. The Morgan fingerprint density at radius 2 is 1.81 bits per heavy atom. The fourth-order valence-electron chi connectivity index (χ4n) is 3.14. The van der Waals surface area contributed by atoms with Crippen LogP contribution < -0.4 is 10.5 Å². The number of nitrogens with zero attached hydrogens (tertiary/aromatic N) is 1. The molecule has 2 aromatic carbocycles. The van der Waals surface area contributed by atoms with Crippen LogP contribution >= 0.6 is 0 Å². The van der Waals surface area contributed by atoms with Gasteiger partial charge in [-0.3, -0.25) is 4.79 Å². The first kappa shape index (κ1) is 18.4. The van der Waals surface area contributed by atoms with Crippen molar-refractivity contribution in [2.24, 2.45) is 5.73 Å². The monoisotopic (exact) mass is 356 g/mol.